The summed E-state index contributed by atoms with van der Waals surface area (Å²) in [7, 11) is -4.98. The van der Waals surface area contributed by atoms with Gasteiger partial charge in [-0.2, -0.15) is 0 Å². The molecule has 3 heterocycles. The van der Waals surface area contributed by atoms with Crippen molar-refractivity contribution in [2.75, 3.05) is 59.3 Å². The number of esters is 2. The Morgan fingerprint density at radius 1 is 0.475 bits per heavy atom. The van der Waals surface area contributed by atoms with Gasteiger partial charge >= 0.3 is 41.5 Å². The Labute approximate surface area is 620 Å². The molecule has 17 atom stereocenters. The average Bonchev–Trinajstić information content (AvgIpc) is 0.781. The van der Waals surface area contributed by atoms with E-state index < -0.39 is 169 Å². The van der Waals surface area contributed by atoms with Crippen LogP contribution in [0.2, 0.25) is 0 Å². The van der Waals surface area contributed by atoms with E-state index in [1.165, 1.54) is 77.0 Å². The van der Waals surface area contributed by atoms with Gasteiger partial charge in [-0.05, 0) is 83.5 Å². The van der Waals surface area contributed by atoms with Gasteiger partial charge in [0.2, 0.25) is 17.7 Å². The van der Waals surface area contributed by atoms with Gasteiger partial charge in [-0.25, -0.2) is 0 Å². The summed E-state index contributed by atoms with van der Waals surface area (Å²) < 4.78 is 68.0. The van der Waals surface area contributed by atoms with Crippen molar-refractivity contribution in [1.29, 1.82) is 0 Å². The molecule has 0 radical (unpaired) electrons. The normalized spacial score (nSPS) is 26.2. The van der Waals surface area contributed by atoms with Crippen molar-refractivity contribution in [2.24, 2.45) is 0 Å². The number of ether oxygens (including phenoxy) is 8. The summed E-state index contributed by atoms with van der Waals surface area (Å²) in [6, 6.07) is -1.37. The zero-order valence-corrected chi connectivity index (χ0v) is 63.6. The van der Waals surface area contributed by atoms with E-state index in [-0.39, 0.29) is 87.3 Å². The maximum absolute atomic E-state index is 12.9. The maximum Gasteiger partial charge on any atom is 1.00 e. The zero-order chi connectivity index (χ0) is 73.3. The molecule has 0 aromatic carbocycles. The molecule has 0 aromatic heterocycles. The second-order valence-corrected chi connectivity index (χ2v) is 27.6. The van der Waals surface area contributed by atoms with Gasteiger partial charge < -0.3 is 114 Å². The molecule has 101 heavy (non-hydrogen) atoms. The Kier molecular flexibility index (Phi) is 53.8. The van der Waals surface area contributed by atoms with Crippen molar-refractivity contribution in [3.05, 3.63) is 24.3 Å². The second-order valence-electron chi connectivity index (χ2n) is 26.2. The number of allylic oxidation sites excluding steroid dienone is 4. The molecule has 0 bridgehead atoms. The van der Waals surface area contributed by atoms with Crippen LogP contribution in [-0.2, 0) is 75.5 Å². The Bertz CT molecular complexity index is 2300. The number of rotatable bonds is 58. The first-order valence-electron chi connectivity index (χ1n) is 37.1. The summed E-state index contributed by atoms with van der Waals surface area (Å²) in [5.74, 6) is -2.48. The largest absolute Gasteiger partial charge is 1.00 e. The van der Waals surface area contributed by atoms with E-state index >= 15 is 0 Å². The first-order chi connectivity index (χ1) is 48.2. The third-order valence-corrected chi connectivity index (χ3v) is 18.5. The molecule has 0 spiro atoms. The summed E-state index contributed by atoms with van der Waals surface area (Å²) >= 11 is 0. The van der Waals surface area contributed by atoms with Gasteiger partial charge in [0, 0.05) is 45.7 Å². The summed E-state index contributed by atoms with van der Waals surface area (Å²) in [5.41, 5.74) is 0. The minimum Gasteiger partial charge on any atom is -0.756 e. The van der Waals surface area contributed by atoms with Gasteiger partial charge in [0.05, 0.1) is 39.6 Å². The molecule has 3 aliphatic heterocycles. The van der Waals surface area contributed by atoms with Crippen molar-refractivity contribution in [3.63, 3.8) is 0 Å². The predicted molar refractivity (Wildman–Crippen MR) is 365 cm³/mol. The van der Waals surface area contributed by atoms with Crippen LogP contribution in [0.4, 0.5) is 0 Å². The standard InChI is InChI=1S/C70H126N3O26P.Na/c1-4-6-8-10-12-14-16-18-20-22-24-26-28-30-32-39-57(80)91-48-51(94-58(81)40-33-31-29-27-25-23-21-19-17-15-13-11-9-7-5-2)49-93-100(88,89)92-44-42-72-56(79)38-35-34-37-55(78)71-41-36-43-90-68-59(73-50(3)77)62(84)66(54(47-76)97-68)98-70-65(87)67(61(83)53(46-75)96-70)99-69-64(86)63(85)60(82)52(45-74)95-69;/h18-21,51-54,59-70,74-76,82-87H,4-17,22-49H2,1-3H3,(H,71,78)(H,72,79)(H,73,77)(H,88,89);/q;+1/p-1/b20-18-,21-19-;/t51?,52-,53+,54+,59+,60+,61-,62+,63-,64-,65+,66+,67-,68+,69+,70-;/m0./s1. The topological polar surface area (TPSA) is 436 Å². The Morgan fingerprint density at radius 3 is 1.44 bits per heavy atom. The number of carbonyl (C=O) groups is 5. The van der Waals surface area contributed by atoms with Gasteiger partial charge in [-0.1, -0.05) is 141 Å². The molecule has 3 rings (SSSR count). The molecule has 0 aromatic rings. The summed E-state index contributed by atoms with van der Waals surface area (Å²) in [5, 5.41) is 103. The maximum atomic E-state index is 12.9. The third kappa shape index (κ3) is 40.8. The van der Waals surface area contributed by atoms with Gasteiger partial charge in [-0.15, -0.1) is 0 Å². The molecule has 582 valence electrons. The molecule has 3 saturated heterocycles. The number of hydrogen-bond donors (Lipinski definition) is 12. The van der Waals surface area contributed by atoms with Crippen molar-refractivity contribution in [1.82, 2.24) is 16.0 Å². The molecule has 3 fully saturated rings. The van der Waals surface area contributed by atoms with Crippen LogP contribution in [0.25, 0.3) is 0 Å². The van der Waals surface area contributed by atoms with Crippen molar-refractivity contribution in [2.45, 2.75) is 331 Å². The molecule has 2 unspecified atom stereocenters. The minimum atomic E-state index is -4.98. The van der Waals surface area contributed by atoms with Crippen LogP contribution in [0.1, 0.15) is 233 Å². The number of carbonyl (C=O) groups excluding carboxylic acids is 5. The van der Waals surface area contributed by atoms with Crippen molar-refractivity contribution < 1.29 is 156 Å². The smallest absolute Gasteiger partial charge is 0.756 e. The second kappa shape index (κ2) is 57.5. The number of aliphatic hydroxyl groups excluding tert-OH is 9. The van der Waals surface area contributed by atoms with Crippen molar-refractivity contribution >= 4 is 37.5 Å². The van der Waals surface area contributed by atoms with Gasteiger partial charge in [-0.3, -0.25) is 28.5 Å². The van der Waals surface area contributed by atoms with Crippen molar-refractivity contribution in [3.8, 4) is 0 Å². The number of hydrogen-bond acceptors (Lipinski definition) is 26. The molecule has 3 amide bonds. The van der Waals surface area contributed by atoms with Crippen LogP contribution in [0.5, 0.6) is 0 Å². The van der Waals surface area contributed by atoms with E-state index in [9.17, 15) is 79.4 Å². The van der Waals surface area contributed by atoms with Crippen LogP contribution < -0.4 is 50.4 Å². The fraction of sp³-hybridized carbons (Fsp3) is 0.871. The molecular weight excluding hydrogens is 1350 g/mol. The van der Waals surface area contributed by atoms with E-state index in [0.29, 0.717) is 25.7 Å². The number of phosphoric acid groups is 1. The van der Waals surface area contributed by atoms with Gasteiger partial charge in [0.25, 0.3) is 7.82 Å². The molecule has 31 heteroatoms. The SMILES string of the molecule is CCCCCCCC/C=C\CCCCCCCC(=O)OCC(COP(=O)([O-])OCCNC(=O)CCCCC(=O)NCCCO[C@@H]1O[C@H](CO)[C@@H](O[C@@H]2O[C@H](CO)[C@H](O)[C@H](O[C@H]3O[C@@H](CO)[C@@H](O)[C@H](O)[C@@H]3O)[C@H]2O)[C@H](O)[C@H]1NC(C)=O)OC(=O)CCCCCCC/C=C\CCCCCCCC.[Na+]. The fourth-order valence-corrected chi connectivity index (χ4v) is 12.4. The number of nitrogens with one attached hydrogen (secondary N) is 3. The first kappa shape index (κ1) is 94.4. The van der Waals surface area contributed by atoms with E-state index in [4.69, 9.17) is 46.9 Å². The zero-order valence-electron chi connectivity index (χ0n) is 60.7. The molecular formula is C70H125N3NaO26P. The third-order valence-electron chi connectivity index (χ3n) is 17.6. The van der Waals surface area contributed by atoms with Crippen LogP contribution in [0, 0.1) is 0 Å². The quantitative estimate of drug-likeness (QED) is 0.0136. The predicted octanol–water partition coefficient (Wildman–Crippen LogP) is 1.81. The van der Waals surface area contributed by atoms with Crippen LogP contribution in [0.3, 0.4) is 0 Å². The Balaban J connectivity index is 0.0000347. The number of phosphoric ester groups is 1. The van der Waals surface area contributed by atoms with E-state index in [1.807, 2.05) is 0 Å². The van der Waals surface area contributed by atoms with Gasteiger partial charge in [0.1, 0.15) is 79.8 Å². The number of amides is 3. The van der Waals surface area contributed by atoms with Gasteiger partial charge in [0.15, 0.2) is 25.0 Å². The van der Waals surface area contributed by atoms with E-state index in [0.717, 1.165) is 84.0 Å². The van der Waals surface area contributed by atoms with E-state index in [1.54, 1.807) is 0 Å². The number of unbranched alkanes of at least 4 members (excludes halogenated alkanes) is 23. The fourth-order valence-electron chi connectivity index (χ4n) is 11.7. The molecule has 0 saturated carbocycles. The van der Waals surface area contributed by atoms with Crippen LogP contribution >= 0.6 is 7.82 Å². The van der Waals surface area contributed by atoms with Crippen LogP contribution in [0.15, 0.2) is 24.3 Å². The van der Waals surface area contributed by atoms with E-state index in [2.05, 4.69) is 54.1 Å². The first-order valence-corrected chi connectivity index (χ1v) is 38.5. The average molecular weight is 1480 g/mol. The Hall–Kier alpha value is -2.66. The molecule has 29 nitrogen and oxygen atoms in total. The monoisotopic (exact) mass is 1480 g/mol. The number of aliphatic hydroxyl groups is 9. The minimum absolute atomic E-state index is 0. The molecule has 3 aliphatic rings. The Morgan fingerprint density at radius 2 is 0.921 bits per heavy atom. The molecule has 0 aliphatic carbocycles. The van der Waals surface area contributed by atoms with Crippen LogP contribution in [-0.4, -0.2) is 233 Å². The summed E-state index contributed by atoms with van der Waals surface area (Å²) in [6.07, 6.45) is 13.8. The molecule has 12 N–H and O–H groups in total. The summed E-state index contributed by atoms with van der Waals surface area (Å²) in [6.45, 7) is 1.37. The summed E-state index contributed by atoms with van der Waals surface area (Å²) in [4.78, 5) is 76.0.